The molecule has 40 heavy (non-hydrogen) atoms. The maximum atomic E-state index is 13.4. The number of Topliss-reactive ketones (excluding diaryl/α,β-unsaturated/α-hetero) is 1. The molecule has 1 aromatic heterocycles. The molecule has 0 aliphatic carbocycles. The molecular formula is C33H30N2O5. The second kappa shape index (κ2) is 11.9. The minimum atomic E-state index is -0.844. The number of hydrogen-bond acceptors (Lipinski definition) is 6. The zero-order valence-corrected chi connectivity index (χ0v) is 22.4. The van der Waals surface area contributed by atoms with Crippen LogP contribution in [0.1, 0.15) is 40.8 Å². The van der Waals surface area contributed by atoms with Gasteiger partial charge in [-0.05, 0) is 48.7 Å². The highest BCUT2D eigenvalue weighted by molar-refractivity contribution is 6.46. The van der Waals surface area contributed by atoms with Gasteiger partial charge in [-0.25, -0.2) is 0 Å². The van der Waals surface area contributed by atoms with Crippen LogP contribution in [-0.4, -0.2) is 33.3 Å². The molecule has 4 aromatic rings. The van der Waals surface area contributed by atoms with E-state index in [-0.39, 0.29) is 17.9 Å². The molecule has 202 valence electrons. The summed E-state index contributed by atoms with van der Waals surface area (Å²) in [6, 6.07) is 25.1. The third kappa shape index (κ3) is 5.59. The van der Waals surface area contributed by atoms with Crippen LogP contribution in [0, 0.1) is 6.92 Å². The maximum Gasteiger partial charge on any atom is 0.295 e. The number of rotatable bonds is 9. The van der Waals surface area contributed by atoms with Gasteiger partial charge in [0.25, 0.3) is 11.7 Å². The SMILES string of the molecule is CCOc1cc(C2/C(=C(\O)c3ccc(C)cc3)C(=O)C(=O)N2Cc2cccnc2)ccc1OCc1ccccc1. The summed E-state index contributed by atoms with van der Waals surface area (Å²) in [6.07, 6.45) is 3.30. The number of hydrogen-bond donors (Lipinski definition) is 1. The summed E-state index contributed by atoms with van der Waals surface area (Å²) < 4.78 is 12.0. The van der Waals surface area contributed by atoms with E-state index in [4.69, 9.17) is 9.47 Å². The van der Waals surface area contributed by atoms with Crippen molar-refractivity contribution in [2.24, 2.45) is 0 Å². The third-order valence-corrected chi connectivity index (χ3v) is 6.76. The Bertz CT molecular complexity index is 1530. The number of nitrogens with zero attached hydrogens (tertiary/aromatic N) is 2. The van der Waals surface area contributed by atoms with E-state index < -0.39 is 17.7 Å². The van der Waals surface area contributed by atoms with Crippen LogP contribution in [0.4, 0.5) is 0 Å². The molecule has 0 radical (unpaired) electrons. The van der Waals surface area contributed by atoms with Gasteiger partial charge in [-0.3, -0.25) is 14.6 Å². The predicted molar refractivity (Wildman–Crippen MR) is 152 cm³/mol. The van der Waals surface area contributed by atoms with Crippen LogP contribution in [0.3, 0.4) is 0 Å². The van der Waals surface area contributed by atoms with Gasteiger partial charge in [0.05, 0.1) is 18.2 Å². The number of aliphatic hydroxyl groups excluding tert-OH is 1. The summed E-state index contributed by atoms with van der Waals surface area (Å²) >= 11 is 0. The van der Waals surface area contributed by atoms with E-state index in [9.17, 15) is 14.7 Å². The number of amides is 1. The van der Waals surface area contributed by atoms with Gasteiger partial charge in [-0.1, -0.05) is 72.3 Å². The van der Waals surface area contributed by atoms with Gasteiger partial charge in [0.1, 0.15) is 12.4 Å². The number of aromatic nitrogens is 1. The maximum absolute atomic E-state index is 13.4. The number of likely N-dealkylation sites (tertiary alicyclic amines) is 1. The minimum Gasteiger partial charge on any atom is -0.507 e. The second-order valence-corrected chi connectivity index (χ2v) is 9.57. The molecule has 0 saturated carbocycles. The van der Waals surface area contributed by atoms with E-state index in [1.807, 2.05) is 62.4 Å². The summed E-state index contributed by atoms with van der Waals surface area (Å²) in [5.74, 6) is -0.631. The summed E-state index contributed by atoms with van der Waals surface area (Å²) in [5, 5.41) is 11.4. The molecule has 2 heterocycles. The molecule has 7 nitrogen and oxygen atoms in total. The van der Waals surface area contributed by atoms with Crippen LogP contribution in [0.15, 0.2) is 103 Å². The van der Waals surface area contributed by atoms with E-state index in [2.05, 4.69) is 4.98 Å². The lowest BCUT2D eigenvalue weighted by molar-refractivity contribution is -0.140. The van der Waals surface area contributed by atoms with Crippen molar-refractivity contribution >= 4 is 17.4 Å². The normalized spacial score (nSPS) is 16.2. The lowest BCUT2D eigenvalue weighted by atomic mass is 9.94. The Kier molecular flexibility index (Phi) is 7.92. The predicted octanol–water partition coefficient (Wildman–Crippen LogP) is 5.99. The minimum absolute atomic E-state index is 0.0261. The first-order valence-corrected chi connectivity index (χ1v) is 13.1. The first-order valence-electron chi connectivity index (χ1n) is 13.1. The van der Waals surface area contributed by atoms with Crippen molar-refractivity contribution in [1.82, 2.24) is 9.88 Å². The van der Waals surface area contributed by atoms with Gasteiger partial charge in [-0.2, -0.15) is 0 Å². The molecule has 7 heteroatoms. The third-order valence-electron chi connectivity index (χ3n) is 6.76. The Balaban J connectivity index is 1.58. The smallest absolute Gasteiger partial charge is 0.295 e. The first kappa shape index (κ1) is 26.7. The Labute approximate surface area is 233 Å². The second-order valence-electron chi connectivity index (χ2n) is 9.57. The number of pyridine rings is 1. The zero-order valence-electron chi connectivity index (χ0n) is 22.4. The molecule has 0 bridgehead atoms. The van der Waals surface area contributed by atoms with Crippen LogP contribution < -0.4 is 9.47 Å². The van der Waals surface area contributed by atoms with E-state index in [0.717, 1.165) is 16.7 Å². The van der Waals surface area contributed by atoms with Crippen molar-refractivity contribution in [1.29, 1.82) is 0 Å². The molecule has 1 aliphatic rings. The average Bonchev–Trinajstić information content (AvgIpc) is 3.22. The van der Waals surface area contributed by atoms with Crippen LogP contribution in [0.25, 0.3) is 5.76 Å². The molecule has 1 fully saturated rings. The highest BCUT2D eigenvalue weighted by atomic mass is 16.5. The topological polar surface area (TPSA) is 89.0 Å². The van der Waals surface area contributed by atoms with Crippen molar-refractivity contribution in [2.45, 2.75) is 33.0 Å². The lowest BCUT2D eigenvalue weighted by Gasteiger charge is -2.26. The number of aryl methyl sites for hydroxylation is 1. The Hall–Kier alpha value is -4.91. The van der Waals surface area contributed by atoms with Crippen LogP contribution in [-0.2, 0) is 22.7 Å². The van der Waals surface area contributed by atoms with Crippen LogP contribution >= 0.6 is 0 Å². The van der Waals surface area contributed by atoms with Gasteiger partial charge >= 0.3 is 0 Å². The van der Waals surface area contributed by atoms with E-state index in [1.54, 1.807) is 48.8 Å². The standard InChI is InChI=1S/C33H30N2O5/c1-3-39-28-18-26(15-16-27(28)40-21-23-8-5-4-6-9-23)30-29(31(36)25-13-11-22(2)12-14-25)32(37)33(38)35(30)20-24-10-7-17-34-19-24/h4-19,30,36H,3,20-21H2,1-2H3/b31-29+. The molecular weight excluding hydrogens is 504 g/mol. The molecule has 1 N–H and O–H groups in total. The summed E-state index contributed by atoms with van der Waals surface area (Å²) in [5.41, 5.74) is 3.89. The molecule has 3 aromatic carbocycles. The number of carbonyl (C=O) groups excluding carboxylic acids is 2. The Morgan fingerprint density at radius 3 is 2.35 bits per heavy atom. The number of ether oxygens (including phenoxy) is 2. The van der Waals surface area contributed by atoms with E-state index in [0.29, 0.717) is 35.8 Å². The quantitative estimate of drug-likeness (QED) is 0.161. The van der Waals surface area contributed by atoms with Crippen molar-refractivity contribution in [2.75, 3.05) is 6.61 Å². The Morgan fingerprint density at radius 2 is 1.65 bits per heavy atom. The summed E-state index contributed by atoms with van der Waals surface area (Å²) in [4.78, 5) is 32.4. The van der Waals surface area contributed by atoms with Crippen molar-refractivity contribution in [3.05, 3.63) is 131 Å². The zero-order chi connectivity index (χ0) is 28.1. The lowest BCUT2D eigenvalue weighted by Crippen LogP contribution is -2.29. The van der Waals surface area contributed by atoms with Gasteiger partial charge in [-0.15, -0.1) is 0 Å². The number of ketones is 1. The van der Waals surface area contributed by atoms with Gasteiger partial charge in [0, 0.05) is 24.5 Å². The molecule has 1 amide bonds. The molecule has 1 atom stereocenters. The fourth-order valence-corrected chi connectivity index (χ4v) is 4.76. The number of benzene rings is 3. The average molecular weight is 535 g/mol. The summed E-state index contributed by atoms with van der Waals surface area (Å²) in [6.45, 7) is 4.70. The van der Waals surface area contributed by atoms with Gasteiger partial charge < -0.3 is 19.5 Å². The number of aliphatic hydroxyl groups is 1. The monoisotopic (exact) mass is 534 g/mol. The van der Waals surface area contributed by atoms with Gasteiger partial charge in [0.2, 0.25) is 0 Å². The molecule has 0 spiro atoms. The van der Waals surface area contributed by atoms with Crippen molar-refractivity contribution in [3.8, 4) is 11.5 Å². The largest absolute Gasteiger partial charge is 0.507 e. The van der Waals surface area contributed by atoms with Gasteiger partial charge in [0.15, 0.2) is 11.5 Å². The molecule has 1 aliphatic heterocycles. The molecule has 1 unspecified atom stereocenters. The Morgan fingerprint density at radius 1 is 0.900 bits per heavy atom. The van der Waals surface area contributed by atoms with E-state index >= 15 is 0 Å². The molecule has 5 rings (SSSR count). The van der Waals surface area contributed by atoms with E-state index in [1.165, 1.54) is 4.90 Å². The van der Waals surface area contributed by atoms with Crippen molar-refractivity contribution in [3.63, 3.8) is 0 Å². The highest BCUT2D eigenvalue weighted by Gasteiger charge is 2.46. The number of carbonyl (C=O) groups is 2. The highest BCUT2D eigenvalue weighted by Crippen LogP contribution is 2.43. The fourth-order valence-electron chi connectivity index (χ4n) is 4.76. The van der Waals surface area contributed by atoms with Crippen molar-refractivity contribution < 1.29 is 24.2 Å². The first-order chi connectivity index (χ1) is 19.5. The van der Waals surface area contributed by atoms with Crippen LogP contribution in [0.5, 0.6) is 11.5 Å². The van der Waals surface area contributed by atoms with Crippen LogP contribution in [0.2, 0.25) is 0 Å². The fraction of sp³-hybridized carbons (Fsp3) is 0.182. The molecule has 1 saturated heterocycles. The summed E-state index contributed by atoms with van der Waals surface area (Å²) in [7, 11) is 0.